The van der Waals surface area contributed by atoms with Gasteiger partial charge in [-0.2, -0.15) is 0 Å². The minimum Gasteiger partial charge on any atom is -0.461 e. The van der Waals surface area contributed by atoms with Crippen LogP contribution >= 0.6 is 11.8 Å². The summed E-state index contributed by atoms with van der Waals surface area (Å²) in [4.78, 5) is 48.0. The smallest absolute Gasteiger partial charge is 0.311 e. The molecule has 2 amide bonds. The van der Waals surface area contributed by atoms with Gasteiger partial charge in [0.25, 0.3) is 5.91 Å². The van der Waals surface area contributed by atoms with Crippen molar-refractivity contribution in [3.8, 4) is 0 Å². The van der Waals surface area contributed by atoms with Crippen molar-refractivity contribution in [2.45, 2.75) is 69.0 Å². The number of likely N-dealkylation sites (tertiary alicyclic amines) is 1. The quantitative estimate of drug-likeness (QED) is 0.258. The predicted octanol–water partition coefficient (Wildman–Crippen LogP) is 4.28. The summed E-state index contributed by atoms with van der Waals surface area (Å²) in [5.41, 5.74) is 1.80. The standard InChI is InChI=1S/C32H45N3O5S/c1-7-18-34(23-14-12-22(13-15-23)33(10-4)11-5)30(38)28-32-17-16-25(41-32)26(31(39)40-19-8-2)27(32)29(37)35(28)24(20-36)21(6)9-3/h7-8,12-15,21,24-28,36H,1-2,9-11,16-20H2,3-6H3/t21-,24-,25-,26+,27-,28?,32?/m0/s1. The van der Waals surface area contributed by atoms with E-state index in [1.807, 2.05) is 38.1 Å². The molecule has 1 aromatic rings. The maximum atomic E-state index is 14.8. The Bertz CT molecular complexity index is 1140. The van der Waals surface area contributed by atoms with E-state index < -0.39 is 34.6 Å². The van der Waals surface area contributed by atoms with Crippen LogP contribution in [0.2, 0.25) is 0 Å². The number of hydrogen-bond acceptors (Lipinski definition) is 7. The van der Waals surface area contributed by atoms with Crippen LogP contribution in [0.25, 0.3) is 0 Å². The number of hydrogen-bond donors (Lipinski definition) is 1. The van der Waals surface area contributed by atoms with Crippen LogP contribution in [0, 0.1) is 17.8 Å². The van der Waals surface area contributed by atoms with Crippen LogP contribution in [0.5, 0.6) is 0 Å². The Hall–Kier alpha value is -2.78. The molecule has 0 radical (unpaired) electrons. The van der Waals surface area contributed by atoms with E-state index in [4.69, 9.17) is 4.74 Å². The Morgan fingerprint density at radius 1 is 1.17 bits per heavy atom. The van der Waals surface area contributed by atoms with Crippen LogP contribution in [0.4, 0.5) is 11.4 Å². The molecule has 3 heterocycles. The highest BCUT2D eigenvalue weighted by molar-refractivity contribution is 8.02. The molecule has 2 unspecified atom stereocenters. The van der Waals surface area contributed by atoms with E-state index >= 15 is 0 Å². The molecule has 224 valence electrons. The first-order chi connectivity index (χ1) is 19.7. The summed E-state index contributed by atoms with van der Waals surface area (Å²) in [5.74, 6) is -2.18. The number of aliphatic hydroxyl groups is 1. The first-order valence-corrected chi connectivity index (χ1v) is 15.8. The molecule has 4 rings (SSSR count). The molecule has 3 aliphatic heterocycles. The molecule has 0 aliphatic carbocycles. The van der Waals surface area contributed by atoms with E-state index in [2.05, 4.69) is 31.9 Å². The van der Waals surface area contributed by atoms with E-state index in [1.54, 1.807) is 27.6 Å². The van der Waals surface area contributed by atoms with E-state index in [-0.39, 0.29) is 42.7 Å². The van der Waals surface area contributed by atoms with Crippen molar-refractivity contribution in [3.63, 3.8) is 0 Å². The van der Waals surface area contributed by atoms with Crippen LogP contribution in [-0.4, -0.2) is 82.7 Å². The minimum absolute atomic E-state index is 0.0379. The number of nitrogens with zero attached hydrogens (tertiary/aromatic N) is 3. The van der Waals surface area contributed by atoms with Gasteiger partial charge in [-0.3, -0.25) is 14.4 Å². The second kappa shape index (κ2) is 13.0. The molecule has 41 heavy (non-hydrogen) atoms. The normalized spacial score (nSPS) is 27.7. The average Bonchev–Trinajstić information content (AvgIpc) is 3.63. The zero-order chi connectivity index (χ0) is 29.9. The Balaban J connectivity index is 1.79. The van der Waals surface area contributed by atoms with Gasteiger partial charge in [-0.1, -0.05) is 39.0 Å². The van der Waals surface area contributed by atoms with Gasteiger partial charge in [-0.15, -0.1) is 18.3 Å². The van der Waals surface area contributed by atoms with Crippen LogP contribution in [-0.2, 0) is 19.1 Å². The zero-order valence-electron chi connectivity index (χ0n) is 24.8. The van der Waals surface area contributed by atoms with Crippen molar-refractivity contribution in [1.29, 1.82) is 0 Å². The van der Waals surface area contributed by atoms with Gasteiger partial charge in [0, 0.05) is 36.3 Å². The Kier molecular flexibility index (Phi) is 9.90. The lowest BCUT2D eigenvalue weighted by molar-refractivity contribution is -0.153. The summed E-state index contributed by atoms with van der Waals surface area (Å²) in [6.07, 6.45) is 5.33. The van der Waals surface area contributed by atoms with E-state index in [0.717, 1.165) is 37.3 Å². The van der Waals surface area contributed by atoms with Crippen LogP contribution in [0.1, 0.15) is 47.0 Å². The number of esters is 1. The number of anilines is 2. The van der Waals surface area contributed by atoms with Crippen molar-refractivity contribution in [2.24, 2.45) is 17.8 Å². The van der Waals surface area contributed by atoms with Crippen LogP contribution in [0.3, 0.4) is 0 Å². The molecule has 3 aliphatic rings. The van der Waals surface area contributed by atoms with Gasteiger partial charge in [0.1, 0.15) is 12.6 Å². The highest BCUT2D eigenvalue weighted by Gasteiger charge is 2.75. The monoisotopic (exact) mass is 583 g/mol. The average molecular weight is 584 g/mol. The van der Waals surface area contributed by atoms with Gasteiger partial charge in [0.15, 0.2) is 0 Å². The Labute approximate surface area is 248 Å². The fraction of sp³-hybridized carbons (Fsp3) is 0.594. The molecular weight excluding hydrogens is 538 g/mol. The number of thioether (sulfide) groups is 1. The molecule has 8 nitrogen and oxygen atoms in total. The highest BCUT2D eigenvalue weighted by Crippen LogP contribution is 2.67. The van der Waals surface area contributed by atoms with Gasteiger partial charge in [-0.25, -0.2) is 0 Å². The third kappa shape index (κ3) is 5.31. The van der Waals surface area contributed by atoms with Gasteiger partial charge in [-0.05, 0) is 56.9 Å². The van der Waals surface area contributed by atoms with Gasteiger partial charge < -0.3 is 24.5 Å². The van der Waals surface area contributed by atoms with Crippen molar-refractivity contribution in [3.05, 3.63) is 49.6 Å². The third-order valence-electron chi connectivity index (χ3n) is 9.30. The van der Waals surface area contributed by atoms with E-state index in [1.165, 1.54) is 6.08 Å². The zero-order valence-corrected chi connectivity index (χ0v) is 25.6. The molecule has 9 heteroatoms. The summed E-state index contributed by atoms with van der Waals surface area (Å²) in [6.45, 7) is 17.6. The summed E-state index contributed by atoms with van der Waals surface area (Å²) in [5, 5.41) is 10.5. The largest absolute Gasteiger partial charge is 0.461 e. The third-order valence-corrected chi connectivity index (χ3v) is 11.3. The first-order valence-electron chi connectivity index (χ1n) is 14.9. The van der Waals surface area contributed by atoms with Crippen molar-refractivity contribution >= 4 is 40.9 Å². The maximum absolute atomic E-state index is 14.8. The lowest BCUT2D eigenvalue weighted by Crippen LogP contribution is -2.58. The summed E-state index contributed by atoms with van der Waals surface area (Å²) >= 11 is 1.60. The number of carbonyl (C=O) groups is 3. The lowest BCUT2D eigenvalue weighted by atomic mass is 9.71. The number of benzene rings is 1. The lowest BCUT2D eigenvalue weighted by Gasteiger charge is -2.41. The summed E-state index contributed by atoms with van der Waals surface area (Å²) in [7, 11) is 0. The Morgan fingerprint density at radius 3 is 2.39 bits per heavy atom. The first kappa shape index (κ1) is 31.2. The fourth-order valence-corrected chi connectivity index (χ4v) is 9.27. The van der Waals surface area contributed by atoms with Crippen molar-refractivity contribution in [1.82, 2.24) is 4.90 Å². The molecule has 1 N–H and O–H groups in total. The molecule has 0 saturated carbocycles. The molecule has 1 aromatic carbocycles. The molecule has 3 fully saturated rings. The number of amides is 2. The van der Waals surface area contributed by atoms with Crippen molar-refractivity contribution in [2.75, 3.05) is 42.6 Å². The topological polar surface area (TPSA) is 90.4 Å². The number of ether oxygens (including phenoxy) is 1. The number of aliphatic hydroxyl groups excluding tert-OH is 1. The number of rotatable bonds is 14. The van der Waals surface area contributed by atoms with Gasteiger partial charge in [0.05, 0.1) is 29.2 Å². The van der Waals surface area contributed by atoms with Crippen molar-refractivity contribution < 1.29 is 24.2 Å². The minimum atomic E-state index is -0.819. The summed E-state index contributed by atoms with van der Waals surface area (Å²) < 4.78 is 4.70. The molecule has 3 saturated heterocycles. The van der Waals surface area contributed by atoms with Gasteiger partial charge >= 0.3 is 5.97 Å². The maximum Gasteiger partial charge on any atom is 0.311 e. The van der Waals surface area contributed by atoms with Crippen LogP contribution < -0.4 is 9.80 Å². The van der Waals surface area contributed by atoms with Crippen LogP contribution in [0.15, 0.2) is 49.6 Å². The molecule has 7 atom stereocenters. The SMILES string of the molecule is C=CCOC(=O)[C@@H]1[C@@H]2CCC3(S2)C(C(=O)N(CC=C)c2ccc(N(CC)CC)cc2)N([C@@H](CO)[C@@H](C)CC)C(=O)[C@H]13. The fourth-order valence-electron chi connectivity index (χ4n) is 7.08. The second-order valence-electron chi connectivity index (χ2n) is 11.3. The number of fused-ring (bicyclic) bond motifs is 1. The molecule has 1 spiro atoms. The molecule has 0 aromatic heterocycles. The van der Waals surface area contributed by atoms with Gasteiger partial charge in [0.2, 0.25) is 5.91 Å². The highest BCUT2D eigenvalue weighted by atomic mass is 32.2. The number of carbonyl (C=O) groups excluding carboxylic acids is 3. The van der Waals surface area contributed by atoms with E-state index in [0.29, 0.717) is 6.42 Å². The Morgan fingerprint density at radius 2 is 1.83 bits per heavy atom. The molecule has 2 bridgehead atoms. The second-order valence-corrected chi connectivity index (χ2v) is 12.9. The van der Waals surface area contributed by atoms with E-state index in [9.17, 15) is 19.5 Å². The predicted molar refractivity (Wildman–Crippen MR) is 165 cm³/mol. The summed E-state index contributed by atoms with van der Waals surface area (Å²) in [6, 6.07) is 6.56. The molecular formula is C32H45N3O5S.